The van der Waals surface area contributed by atoms with Crippen molar-refractivity contribution in [2.45, 2.75) is 13.5 Å². The Morgan fingerprint density at radius 2 is 1.90 bits per heavy atom. The van der Waals surface area contributed by atoms with Gasteiger partial charge in [0, 0.05) is 18.3 Å². The molecule has 0 heterocycles. The molecule has 2 rings (SSSR count). The molecule has 2 aromatic rings. The van der Waals surface area contributed by atoms with Gasteiger partial charge in [0.1, 0.15) is 5.75 Å². The molecule has 0 radical (unpaired) electrons. The van der Waals surface area contributed by atoms with Gasteiger partial charge in [-0.3, -0.25) is 4.79 Å². The van der Waals surface area contributed by atoms with Gasteiger partial charge in [-0.2, -0.15) is 0 Å². The van der Waals surface area contributed by atoms with E-state index in [1.807, 2.05) is 18.2 Å². The van der Waals surface area contributed by atoms with E-state index in [2.05, 4.69) is 41.8 Å². The quantitative estimate of drug-likeness (QED) is 0.857. The van der Waals surface area contributed by atoms with Gasteiger partial charge < -0.3 is 15.4 Å². The first-order valence-electron chi connectivity index (χ1n) is 6.87. The molecule has 0 aliphatic rings. The standard InChI is InChI=1S/C17H20N2O2/c1-13-6-8-14(9-7-13)11-18-12-17(20)19-15-4-3-5-16(10-15)21-2/h3-10,18H,11-12H2,1-2H3,(H,19,20). The number of hydrogen-bond donors (Lipinski definition) is 2. The predicted molar refractivity (Wildman–Crippen MR) is 84.5 cm³/mol. The summed E-state index contributed by atoms with van der Waals surface area (Å²) in [4.78, 5) is 11.8. The fourth-order valence-electron chi connectivity index (χ4n) is 1.93. The van der Waals surface area contributed by atoms with Crippen LogP contribution in [0.25, 0.3) is 0 Å². The van der Waals surface area contributed by atoms with Crippen molar-refractivity contribution in [1.82, 2.24) is 5.32 Å². The fraction of sp³-hybridized carbons (Fsp3) is 0.235. The van der Waals surface area contributed by atoms with E-state index in [-0.39, 0.29) is 12.5 Å². The van der Waals surface area contributed by atoms with Crippen molar-refractivity contribution in [3.05, 3.63) is 59.7 Å². The summed E-state index contributed by atoms with van der Waals surface area (Å²) in [7, 11) is 1.60. The van der Waals surface area contributed by atoms with Gasteiger partial charge in [-0.1, -0.05) is 35.9 Å². The zero-order valence-electron chi connectivity index (χ0n) is 12.3. The largest absolute Gasteiger partial charge is 0.497 e. The lowest BCUT2D eigenvalue weighted by Gasteiger charge is -2.08. The molecule has 0 fully saturated rings. The van der Waals surface area contributed by atoms with E-state index in [0.717, 1.165) is 17.0 Å². The van der Waals surface area contributed by atoms with Crippen LogP contribution in [0.15, 0.2) is 48.5 Å². The summed E-state index contributed by atoms with van der Waals surface area (Å²) < 4.78 is 5.12. The number of nitrogens with one attached hydrogen (secondary N) is 2. The minimum atomic E-state index is -0.0737. The average molecular weight is 284 g/mol. The minimum Gasteiger partial charge on any atom is -0.497 e. The highest BCUT2D eigenvalue weighted by molar-refractivity contribution is 5.92. The second-order valence-electron chi connectivity index (χ2n) is 4.87. The van der Waals surface area contributed by atoms with Gasteiger partial charge in [-0.05, 0) is 24.6 Å². The molecule has 4 nitrogen and oxygen atoms in total. The van der Waals surface area contributed by atoms with Crippen molar-refractivity contribution in [3.8, 4) is 5.75 Å². The number of aryl methyl sites for hydroxylation is 1. The summed E-state index contributed by atoms with van der Waals surface area (Å²) in [5.74, 6) is 0.649. The molecule has 0 saturated carbocycles. The summed E-state index contributed by atoms with van der Waals surface area (Å²) in [6.45, 7) is 3.00. The Morgan fingerprint density at radius 1 is 1.14 bits per heavy atom. The van der Waals surface area contributed by atoms with Crippen LogP contribution in [0, 0.1) is 6.92 Å². The smallest absolute Gasteiger partial charge is 0.238 e. The maximum Gasteiger partial charge on any atom is 0.238 e. The van der Waals surface area contributed by atoms with Gasteiger partial charge in [0.15, 0.2) is 0 Å². The Morgan fingerprint density at radius 3 is 2.62 bits per heavy atom. The summed E-state index contributed by atoms with van der Waals surface area (Å²) in [6.07, 6.45) is 0. The van der Waals surface area contributed by atoms with E-state index >= 15 is 0 Å². The average Bonchev–Trinajstić information content (AvgIpc) is 2.49. The van der Waals surface area contributed by atoms with Gasteiger partial charge in [-0.25, -0.2) is 0 Å². The zero-order valence-corrected chi connectivity index (χ0v) is 12.3. The second kappa shape index (κ2) is 7.45. The fourth-order valence-corrected chi connectivity index (χ4v) is 1.93. The van der Waals surface area contributed by atoms with Crippen LogP contribution >= 0.6 is 0 Å². The number of ether oxygens (including phenoxy) is 1. The van der Waals surface area contributed by atoms with Gasteiger partial charge in [-0.15, -0.1) is 0 Å². The molecule has 0 unspecified atom stereocenters. The maximum atomic E-state index is 11.8. The molecule has 0 aliphatic heterocycles. The summed E-state index contributed by atoms with van der Waals surface area (Å²) in [5.41, 5.74) is 3.13. The van der Waals surface area contributed by atoms with Gasteiger partial charge >= 0.3 is 0 Å². The molecule has 1 amide bonds. The highest BCUT2D eigenvalue weighted by Crippen LogP contribution is 2.16. The van der Waals surface area contributed by atoms with Crippen molar-refractivity contribution in [2.24, 2.45) is 0 Å². The molecule has 21 heavy (non-hydrogen) atoms. The number of carbonyl (C=O) groups excluding carboxylic acids is 1. The molecule has 0 atom stereocenters. The molecular formula is C17H20N2O2. The molecule has 0 saturated heterocycles. The first-order valence-corrected chi connectivity index (χ1v) is 6.87. The Labute approximate surface area is 125 Å². The number of rotatable bonds is 6. The van der Waals surface area contributed by atoms with E-state index in [9.17, 15) is 4.79 Å². The van der Waals surface area contributed by atoms with Crippen LogP contribution in [-0.4, -0.2) is 19.6 Å². The lowest BCUT2D eigenvalue weighted by molar-refractivity contribution is -0.115. The number of carbonyl (C=O) groups is 1. The van der Waals surface area contributed by atoms with Crippen LogP contribution in [-0.2, 0) is 11.3 Å². The van der Waals surface area contributed by atoms with E-state index < -0.39 is 0 Å². The maximum absolute atomic E-state index is 11.8. The third-order valence-corrected chi connectivity index (χ3v) is 3.09. The topological polar surface area (TPSA) is 50.4 Å². The number of hydrogen-bond acceptors (Lipinski definition) is 3. The van der Waals surface area contributed by atoms with Crippen LogP contribution in [0.3, 0.4) is 0 Å². The molecule has 0 bridgehead atoms. The summed E-state index contributed by atoms with van der Waals surface area (Å²) in [6, 6.07) is 15.5. The van der Waals surface area contributed by atoms with Gasteiger partial charge in [0.2, 0.25) is 5.91 Å². The predicted octanol–water partition coefficient (Wildman–Crippen LogP) is 2.73. The van der Waals surface area contributed by atoms with Crippen molar-refractivity contribution in [2.75, 3.05) is 19.0 Å². The highest BCUT2D eigenvalue weighted by atomic mass is 16.5. The molecule has 0 aromatic heterocycles. The number of benzene rings is 2. The molecular weight excluding hydrogens is 264 g/mol. The summed E-state index contributed by atoms with van der Waals surface area (Å²) >= 11 is 0. The van der Waals surface area contributed by atoms with Crippen LogP contribution in [0.2, 0.25) is 0 Å². The SMILES string of the molecule is COc1cccc(NC(=O)CNCc2ccc(C)cc2)c1. The Kier molecular flexibility index (Phi) is 5.35. The van der Waals surface area contributed by atoms with Gasteiger partial charge in [0.25, 0.3) is 0 Å². The van der Waals surface area contributed by atoms with E-state index in [4.69, 9.17) is 4.74 Å². The van der Waals surface area contributed by atoms with Crippen molar-refractivity contribution >= 4 is 11.6 Å². The highest BCUT2D eigenvalue weighted by Gasteiger charge is 2.03. The van der Waals surface area contributed by atoms with Gasteiger partial charge in [0.05, 0.1) is 13.7 Å². The number of anilines is 1. The van der Waals surface area contributed by atoms with Crippen molar-refractivity contribution < 1.29 is 9.53 Å². The third-order valence-electron chi connectivity index (χ3n) is 3.09. The Balaban J connectivity index is 1.78. The third kappa shape index (κ3) is 4.93. The second-order valence-corrected chi connectivity index (χ2v) is 4.87. The zero-order chi connectivity index (χ0) is 15.1. The van der Waals surface area contributed by atoms with E-state index in [1.54, 1.807) is 13.2 Å². The van der Waals surface area contributed by atoms with Crippen molar-refractivity contribution in [1.29, 1.82) is 0 Å². The first-order chi connectivity index (χ1) is 10.2. The number of methoxy groups -OCH3 is 1. The number of amides is 1. The molecule has 0 spiro atoms. The van der Waals surface area contributed by atoms with E-state index in [0.29, 0.717) is 6.54 Å². The lowest BCUT2D eigenvalue weighted by Crippen LogP contribution is -2.27. The first kappa shape index (κ1) is 15.1. The Hall–Kier alpha value is -2.33. The molecule has 2 N–H and O–H groups in total. The Bertz CT molecular complexity index is 594. The normalized spacial score (nSPS) is 10.2. The monoisotopic (exact) mass is 284 g/mol. The van der Waals surface area contributed by atoms with E-state index in [1.165, 1.54) is 5.56 Å². The molecule has 2 aromatic carbocycles. The van der Waals surface area contributed by atoms with Crippen LogP contribution in [0.4, 0.5) is 5.69 Å². The molecule has 0 aliphatic carbocycles. The van der Waals surface area contributed by atoms with Crippen LogP contribution in [0.5, 0.6) is 5.75 Å². The van der Waals surface area contributed by atoms with Crippen LogP contribution in [0.1, 0.15) is 11.1 Å². The van der Waals surface area contributed by atoms with Crippen LogP contribution < -0.4 is 15.4 Å². The lowest BCUT2D eigenvalue weighted by atomic mass is 10.1. The molecule has 4 heteroatoms. The minimum absolute atomic E-state index is 0.0737. The molecule has 110 valence electrons. The van der Waals surface area contributed by atoms with Crippen molar-refractivity contribution in [3.63, 3.8) is 0 Å². The summed E-state index contributed by atoms with van der Waals surface area (Å²) in [5, 5.41) is 5.96.